The van der Waals surface area contributed by atoms with Crippen molar-refractivity contribution in [3.05, 3.63) is 95.6 Å². The van der Waals surface area contributed by atoms with Gasteiger partial charge in [-0.05, 0) is 47.9 Å². The Hall–Kier alpha value is -4.00. The monoisotopic (exact) mass is 442 g/mol. The minimum atomic E-state index is -0.496. The van der Waals surface area contributed by atoms with Crippen LogP contribution in [-0.2, 0) is 0 Å². The molecule has 166 valence electrons. The molecular weight excluding hydrogens is 419 g/mol. The van der Waals surface area contributed by atoms with Crippen molar-refractivity contribution < 1.29 is 14.0 Å². The first-order valence-corrected chi connectivity index (χ1v) is 11.0. The number of aromatic amines is 1. The smallest absolute Gasteiger partial charge is 0.276 e. The quantitative estimate of drug-likeness (QED) is 0.468. The Balaban J connectivity index is 1.23. The van der Waals surface area contributed by atoms with Gasteiger partial charge >= 0.3 is 0 Å². The number of amides is 2. The number of nitrogens with zero attached hydrogens (tertiary/aromatic N) is 2. The van der Waals surface area contributed by atoms with E-state index in [0.29, 0.717) is 13.1 Å². The third kappa shape index (κ3) is 4.22. The third-order valence-corrected chi connectivity index (χ3v) is 6.19. The number of hydrogen-bond donors (Lipinski definition) is 2. The Kier molecular flexibility index (Phi) is 5.60. The van der Waals surface area contributed by atoms with Crippen LogP contribution in [0.15, 0.2) is 72.8 Å². The standard InChI is InChI=1S/C26H23FN4O2/c27-21-10-3-4-11-22(21)28-25(32)24-16-23(29-30-24)18-12-14-31(15-13-18)26(33)20-9-5-7-17-6-1-2-8-19(17)20/h1-11,16,18H,12-15H2,(H,28,32)(H,29,30). The molecule has 1 saturated heterocycles. The molecule has 1 fully saturated rings. The van der Waals surface area contributed by atoms with Crippen LogP contribution in [0.4, 0.5) is 10.1 Å². The molecule has 0 unspecified atom stereocenters. The van der Waals surface area contributed by atoms with E-state index in [-0.39, 0.29) is 23.2 Å². The fourth-order valence-corrected chi connectivity index (χ4v) is 4.39. The molecule has 7 heteroatoms. The number of H-pyrrole nitrogens is 1. The van der Waals surface area contributed by atoms with Gasteiger partial charge in [0.05, 0.1) is 5.69 Å². The van der Waals surface area contributed by atoms with Crippen LogP contribution >= 0.6 is 0 Å². The van der Waals surface area contributed by atoms with E-state index < -0.39 is 11.7 Å². The lowest BCUT2D eigenvalue weighted by atomic mass is 9.92. The number of fused-ring (bicyclic) bond motifs is 1. The number of carbonyl (C=O) groups is 2. The minimum Gasteiger partial charge on any atom is -0.339 e. The number of nitrogens with one attached hydrogen (secondary N) is 2. The zero-order valence-corrected chi connectivity index (χ0v) is 17.9. The lowest BCUT2D eigenvalue weighted by Gasteiger charge is -2.31. The van der Waals surface area contributed by atoms with Gasteiger partial charge in [0.15, 0.2) is 5.69 Å². The molecule has 3 aromatic carbocycles. The molecule has 0 spiro atoms. The highest BCUT2D eigenvalue weighted by molar-refractivity contribution is 6.07. The molecule has 0 atom stereocenters. The number of para-hydroxylation sites is 1. The molecule has 0 radical (unpaired) electrons. The van der Waals surface area contributed by atoms with Gasteiger partial charge in [-0.1, -0.05) is 48.5 Å². The van der Waals surface area contributed by atoms with Crippen molar-refractivity contribution in [2.45, 2.75) is 18.8 Å². The number of carbonyl (C=O) groups excluding carboxylic acids is 2. The Morgan fingerprint density at radius 3 is 2.52 bits per heavy atom. The van der Waals surface area contributed by atoms with E-state index in [1.165, 1.54) is 12.1 Å². The largest absolute Gasteiger partial charge is 0.339 e. The van der Waals surface area contributed by atoms with Gasteiger partial charge in [-0.15, -0.1) is 0 Å². The summed E-state index contributed by atoms with van der Waals surface area (Å²) in [4.78, 5) is 27.5. The summed E-state index contributed by atoms with van der Waals surface area (Å²) < 4.78 is 13.8. The fourth-order valence-electron chi connectivity index (χ4n) is 4.39. The van der Waals surface area contributed by atoms with Gasteiger partial charge in [-0.25, -0.2) is 4.39 Å². The van der Waals surface area contributed by atoms with Crippen LogP contribution in [0.2, 0.25) is 0 Å². The Bertz CT molecular complexity index is 1320. The number of anilines is 1. The number of hydrogen-bond acceptors (Lipinski definition) is 3. The van der Waals surface area contributed by atoms with Gasteiger partial charge in [-0.3, -0.25) is 14.7 Å². The predicted molar refractivity (Wildman–Crippen MR) is 125 cm³/mol. The molecule has 2 amide bonds. The first-order chi connectivity index (χ1) is 16.1. The minimum absolute atomic E-state index is 0.0415. The van der Waals surface area contributed by atoms with Crippen LogP contribution in [0.5, 0.6) is 0 Å². The molecule has 33 heavy (non-hydrogen) atoms. The molecule has 4 aromatic rings. The number of aromatic nitrogens is 2. The summed E-state index contributed by atoms with van der Waals surface area (Å²) in [7, 11) is 0. The van der Waals surface area contributed by atoms with Gasteiger partial charge in [0, 0.05) is 30.3 Å². The van der Waals surface area contributed by atoms with Crippen molar-refractivity contribution in [2.24, 2.45) is 0 Å². The lowest BCUT2D eigenvalue weighted by molar-refractivity contribution is 0.0714. The number of benzene rings is 3. The second-order valence-electron chi connectivity index (χ2n) is 8.24. The van der Waals surface area contributed by atoms with E-state index in [1.54, 1.807) is 18.2 Å². The van der Waals surface area contributed by atoms with Crippen molar-refractivity contribution in [1.82, 2.24) is 15.1 Å². The van der Waals surface area contributed by atoms with Gasteiger partial charge in [-0.2, -0.15) is 5.10 Å². The highest BCUT2D eigenvalue weighted by Gasteiger charge is 2.27. The molecule has 2 N–H and O–H groups in total. The maximum atomic E-state index is 13.8. The second kappa shape index (κ2) is 8.86. The highest BCUT2D eigenvalue weighted by Crippen LogP contribution is 2.29. The molecule has 1 aromatic heterocycles. The zero-order valence-electron chi connectivity index (χ0n) is 17.9. The van der Waals surface area contributed by atoms with Crippen molar-refractivity contribution >= 4 is 28.3 Å². The fraction of sp³-hybridized carbons (Fsp3) is 0.192. The maximum Gasteiger partial charge on any atom is 0.276 e. The van der Waals surface area contributed by atoms with E-state index in [1.807, 2.05) is 47.4 Å². The van der Waals surface area contributed by atoms with Gasteiger partial charge in [0.1, 0.15) is 5.82 Å². The summed E-state index contributed by atoms with van der Waals surface area (Å²) in [5, 5.41) is 11.6. The first-order valence-electron chi connectivity index (χ1n) is 11.0. The van der Waals surface area contributed by atoms with Gasteiger partial charge in [0.25, 0.3) is 11.8 Å². The number of rotatable bonds is 4. The predicted octanol–water partition coefficient (Wildman–Crippen LogP) is 4.97. The summed E-state index contributed by atoms with van der Waals surface area (Å²) in [5.41, 5.74) is 1.90. The molecular formula is C26H23FN4O2. The molecule has 1 aliphatic rings. The van der Waals surface area contributed by atoms with Crippen LogP contribution in [0, 0.1) is 5.82 Å². The van der Waals surface area contributed by atoms with E-state index in [4.69, 9.17) is 0 Å². The summed E-state index contributed by atoms with van der Waals surface area (Å²) in [6.45, 7) is 1.25. The van der Waals surface area contributed by atoms with E-state index in [9.17, 15) is 14.0 Å². The molecule has 0 aliphatic carbocycles. The van der Waals surface area contributed by atoms with E-state index >= 15 is 0 Å². The van der Waals surface area contributed by atoms with Crippen LogP contribution in [0.1, 0.15) is 45.3 Å². The summed E-state index contributed by atoms with van der Waals surface area (Å²) in [5.74, 6) is -0.750. The number of piperidine rings is 1. The lowest BCUT2D eigenvalue weighted by Crippen LogP contribution is -2.38. The first kappa shape index (κ1) is 20.9. The average Bonchev–Trinajstić information content (AvgIpc) is 3.35. The molecule has 0 bridgehead atoms. The normalized spacial score (nSPS) is 14.4. The van der Waals surface area contributed by atoms with Crippen molar-refractivity contribution in [2.75, 3.05) is 18.4 Å². The second-order valence-corrected chi connectivity index (χ2v) is 8.24. The summed E-state index contributed by atoms with van der Waals surface area (Å²) in [6, 6.07) is 21.4. The maximum absolute atomic E-state index is 13.8. The van der Waals surface area contributed by atoms with Crippen LogP contribution in [0.3, 0.4) is 0 Å². The van der Waals surface area contributed by atoms with Crippen molar-refractivity contribution in [3.63, 3.8) is 0 Å². The molecule has 1 aliphatic heterocycles. The Labute approximate surface area is 190 Å². The SMILES string of the molecule is O=C(Nc1ccccc1F)c1cc(C2CCN(C(=O)c3cccc4ccccc34)CC2)[nH]n1. The van der Waals surface area contributed by atoms with Crippen molar-refractivity contribution in [3.8, 4) is 0 Å². The Morgan fingerprint density at radius 2 is 1.70 bits per heavy atom. The van der Waals surface area contributed by atoms with Gasteiger partial charge < -0.3 is 10.2 Å². The van der Waals surface area contributed by atoms with Crippen LogP contribution in [0.25, 0.3) is 10.8 Å². The summed E-state index contributed by atoms with van der Waals surface area (Å²) >= 11 is 0. The van der Waals surface area contributed by atoms with Crippen LogP contribution in [-0.4, -0.2) is 40.0 Å². The van der Waals surface area contributed by atoms with E-state index in [0.717, 1.165) is 34.9 Å². The topological polar surface area (TPSA) is 78.1 Å². The third-order valence-electron chi connectivity index (χ3n) is 6.19. The van der Waals surface area contributed by atoms with E-state index in [2.05, 4.69) is 15.5 Å². The van der Waals surface area contributed by atoms with Crippen molar-refractivity contribution in [1.29, 1.82) is 0 Å². The molecule has 0 saturated carbocycles. The summed E-state index contributed by atoms with van der Waals surface area (Å²) in [6.07, 6.45) is 1.54. The number of halogens is 1. The molecule has 2 heterocycles. The average molecular weight is 442 g/mol. The van der Waals surface area contributed by atoms with Gasteiger partial charge in [0.2, 0.25) is 0 Å². The zero-order chi connectivity index (χ0) is 22.8. The van der Waals surface area contributed by atoms with Crippen LogP contribution < -0.4 is 5.32 Å². The molecule has 5 rings (SSSR count). The Morgan fingerprint density at radius 1 is 0.970 bits per heavy atom. The molecule has 6 nitrogen and oxygen atoms in total. The number of likely N-dealkylation sites (tertiary alicyclic amines) is 1. The highest BCUT2D eigenvalue weighted by atomic mass is 19.1.